The SMILES string of the molecule is CC(CC(Nc1cccc(Cl)c1)C(=O)O)c1ccccc1. The number of benzene rings is 2. The predicted octanol–water partition coefficient (Wildman–Crippen LogP) is 4.40. The molecule has 0 amide bonds. The Labute approximate surface area is 129 Å². The van der Waals surface area contributed by atoms with Gasteiger partial charge in [-0.05, 0) is 36.1 Å². The summed E-state index contributed by atoms with van der Waals surface area (Å²) in [4.78, 5) is 11.5. The lowest BCUT2D eigenvalue weighted by Gasteiger charge is -2.20. The second kappa shape index (κ2) is 7.14. The molecule has 0 radical (unpaired) electrons. The number of rotatable bonds is 6. The van der Waals surface area contributed by atoms with Crippen LogP contribution in [0.5, 0.6) is 0 Å². The summed E-state index contributed by atoms with van der Waals surface area (Å²) in [6, 6.07) is 16.4. The van der Waals surface area contributed by atoms with Crippen molar-refractivity contribution in [1.29, 1.82) is 0 Å². The second-order valence-corrected chi connectivity index (χ2v) is 5.53. The molecule has 0 saturated carbocycles. The maximum atomic E-state index is 11.5. The van der Waals surface area contributed by atoms with Crippen LogP contribution in [-0.2, 0) is 4.79 Å². The molecule has 0 saturated heterocycles. The van der Waals surface area contributed by atoms with E-state index < -0.39 is 12.0 Å². The predicted molar refractivity (Wildman–Crippen MR) is 86.0 cm³/mol. The van der Waals surface area contributed by atoms with Crippen molar-refractivity contribution in [3.8, 4) is 0 Å². The van der Waals surface area contributed by atoms with E-state index in [9.17, 15) is 9.90 Å². The summed E-state index contributed by atoms with van der Waals surface area (Å²) in [5.41, 5.74) is 1.85. The van der Waals surface area contributed by atoms with Crippen LogP contribution in [-0.4, -0.2) is 17.1 Å². The first kappa shape index (κ1) is 15.4. The van der Waals surface area contributed by atoms with E-state index in [0.29, 0.717) is 11.4 Å². The lowest BCUT2D eigenvalue weighted by atomic mass is 9.94. The van der Waals surface area contributed by atoms with Gasteiger partial charge in [-0.25, -0.2) is 4.79 Å². The molecule has 3 nitrogen and oxygen atoms in total. The van der Waals surface area contributed by atoms with Crippen molar-refractivity contribution in [2.24, 2.45) is 0 Å². The van der Waals surface area contributed by atoms with Gasteiger partial charge >= 0.3 is 5.97 Å². The normalized spacial score (nSPS) is 13.4. The van der Waals surface area contributed by atoms with Crippen LogP contribution in [0.3, 0.4) is 0 Å². The van der Waals surface area contributed by atoms with Gasteiger partial charge in [-0.3, -0.25) is 0 Å². The minimum absolute atomic E-state index is 0.152. The van der Waals surface area contributed by atoms with Crippen molar-refractivity contribution in [2.75, 3.05) is 5.32 Å². The fourth-order valence-corrected chi connectivity index (χ4v) is 2.46. The Morgan fingerprint density at radius 2 is 1.90 bits per heavy atom. The number of carboxylic acid groups (broad SMARTS) is 1. The highest BCUT2D eigenvalue weighted by molar-refractivity contribution is 6.30. The van der Waals surface area contributed by atoms with E-state index in [-0.39, 0.29) is 5.92 Å². The van der Waals surface area contributed by atoms with Gasteiger partial charge in [0.1, 0.15) is 6.04 Å². The number of carbonyl (C=O) groups is 1. The molecular weight excluding hydrogens is 286 g/mol. The maximum Gasteiger partial charge on any atom is 0.326 e. The van der Waals surface area contributed by atoms with Crippen LogP contribution in [0.2, 0.25) is 5.02 Å². The number of nitrogens with one attached hydrogen (secondary N) is 1. The molecule has 0 fully saturated rings. The fourth-order valence-electron chi connectivity index (χ4n) is 2.27. The third-order valence-electron chi connectivity index (χ3n) is 3.42. The molecule has 2 atom stereocenters. The van der Waals surface area contributed by atoms with Crippen molar-refractivity contribution in [2.45, 2.75) is 25.3 Å². The topological polar surface area (TPSA) is 49.3 Å². The summed E-state index contributed by atoms with van der Waals surface area (Å²) >= 11 is 5.92. The summed E-state index contributed by atoms with van der Waals surface area (Å²) in [6.45, 7) is 2.03. The molecule has 0 bridgehead atoms. The Hall–Kier alpha value is -2.00. The zero-order valence-corrected chi connectivity index (χ0v) is 12.5. The highest BCUT2D eigenvalue weighted by Crippen LogP contribution is 2.23. The molecule has 0 aliphatic rings. The first-order valence-corrected chi connectivity index (χ1v) is 7.24. The van der Waals surface area contributed by atoms with Crippen molar-refractivity contribution in [3.05, 3.63) is 65.2 Å². The lowest BCUT2D eigenvalue weighted by Crippen LogP contribution is -2.30. The van der Waals surface area contributed by atoms with Gasteiger partial charge in [0.25, 0.3) is 0 Å². The minimum Gasteiger partial charge on any atom is -0.480 e. The number of carboxylic acids is 1. The largest absolute Gasteiger partial charge is 0.480 e. The van der Waals surface area contributed by atoms with Gasteiger partial charge in [0.05, 0.1) is 0 Å². The number of hydrogen-bond acceptors (Lipinski definition) is 2. The summed E-state index contributed by atoms with van der Waals surface area (Å²) in [5.74, 6) is -0.711. The summed E-state index contributed by atoms with van der Waals surface area (Å²) in [6.07, 6.45) is 0.506. The van der Waals surface area contributed by atoms with Crippen molar-refractivity contribution in [3.63, 3.8) is 0 Å². The average molecular weight is 304 g/mol. The Morgan fingerprint density at radius 3 is 2.52 bits per heavy atom. The van der Waals surface area contributed by atoms with Crippen molar-refractivity contribution >= 4 is 23.3 Å². The van der Waals surface area contributed by atoms with E-state index in [0.717, 1.165) is 11.3 Å². The van der Waals surface area contributed by atoms with Gasteiger partial charge in [-0.15, -0.1) is 0 Å². The molecule has 0 aliphatic heterocycles. The van der Waals surface area contributed by atoms with E-state index >= 15 is 0 Å². The summed E-state index contributed by atoms with van der Waals surface area (Å²) in [5, 5.41) is 13.0. The molecule has 2 N–H and O–H groups in total. The van der Waals surface area contributed by atoms with Gasteiger partial charge in [-0.2, -0.15) is 0 Å². The van der Waals surface area contributed by atoms with Gasteiger partial charge in [0.2, 0.25) is 0 Å². The van der Waals surface area contributed by atoms with Gasteiger partial charge in [0.15, 0.2) is 0 Å². The Morgan fingerprint density at radius 1 is 1.19 bits per heavy atom. The number of anilines is 1. The standard InChI is InChI=1S/C17H18ClNO2/c1-12(13-6-3-2-4-7-13)10-16(17(20)21)19-15-9-5-8-14(18)11-15/h2-9,11-12,16,19H,10H2,1H3,(H,20,21). The van der Waals surface area contributed by atoms with Crippen molar-refractivity contribution in [1.82, 2.24) is 0 Å². The molecule has 110 valence electrons. The van der Waals surface area contributed by atoms with Gasteiger partial charge in [0, 0.05) is 10.7 Å². The maximum absolute atomic E-state index is 11.5. The van der Waals surface area contributed by atoms with Gasteiger partial charge < -0.3 is 10.4 Å². The van der Waals surface area contributed by atoms with Crippen molar-refractivity contribution < 1.29 is 9.90 Å². The minimum atomic E-state index is -0.863. The molecule has 4 heteroatoms. The quantitative estimate of drug-likeness (QED) is 0.831. The zero-order chi connectivity index (χ0) is 15.2. The molecule has 21 heavy (non-hydrogen) atoms. The Kier molecular flexibility index (Phi) is 5.23. The van der Waals surface area contributed by atoms with E-state index in [1.807, 2.05) is 43.3 Å². The van der Waals surface area contributed by atoms with Crippen LogP contribution in [0.15, 0.2) is 54.6 Å². The zero-order valence-electron chi connectivity index (χ0n) is 11.8. The first-order chi connectivity index (χ1) is 10.1. The number of aliphatic carboxylic acids is 1. The molecule has 2 aromatic rings. The van der Waals surface area contributed by atoms with Crippen LogP contribution in [0.4, 0.5) is 5.69 Å². The Bertz CT molecular complexity index is 601. The monoisotopic (exact) mass is 303 g/mol. The first-order valence-electron chi connectivity index (χ1n) is 6.86. The third-order valence-corrected chi connectivity index (χ3v) is 3.66. The molecule has 2 rings (SSSR count). The average Bonchev–Trinajstić information content (AvgIpc) is 2.47. The van der Waals surface area contributed by atoms with Crippen LogP contribution in [0, 0.1) is 0 Å². The molecular formula is C17H18ClNO2. The lowest BCUT2D eigenvalue weighted by molar-refractivity contribution is -0.138. The second-order valence-electron chi connectivity index (χ2n) is 5.09. The third kappa shape index (κ3) is 4.50. The van der Waals surface area contributed by atoms with E-state index in [4.69, 9.17) is 11.6 Å². The molecule has 2 unspecified atom stereocenters. The number of hydrogen-bond donors (Lipinski definition) is 2. The van der Waals surface area contributed by atoms with E-state index in [2.05, 4.69) is 5.32 Å². The molecule has 0 heterocycles. The van der Waals surface area contributed by atoms with E-state index in [1.54, 1.807) is 18.2 Å². The molecule has 0 aliphatic carbocycles. The van der Waals surface area contributed by atoms with Crippen LogP contribution < -0.4 is 5.32 Å². The smallest absolute Gasteiger partial charge is 0.326 e. The highest BCUT2D eigenvalue weighted by atomic mass is 35.5. The molecule has 0 spiro atoms. The number of halogens is 1. The molecule has 0 aromatic heterocycles. The van der Waals surface area contributed by atoms with Crippen LogP contribution in [0.1, 0.15) is 24.8 Å². The summed E-state index contributed by atoms with van der Waals surface area (Å²) in [7, 11) is 0. The fraction of sp³-hybridized carbons (Fsp3) is 0.235. The highest BCUT2D eigenvalue weighted by Gasteiger charge is 2.21. The Balaban J connectivity index is 2.07. The van der Waals surface area contributed by atoms with Crippen LogP contribution >= 0.6 is 11.6 Å². The summed E-state index contributed by atoms with van der Waals surface area (Å²) < 4.78 is 0. The van der Waals surface area contributed by atoms with Gasteiger partial charge in [-0.1, -0.05) is 54.9 Å². The van der Waals surface area contributed by atoms with Crippen LogP contribution in [0.25, 0.3) is 0 Å². The van der Waals surface area contributed by atoms with E-state index in [1.165, 1.54) is 0 Å². The molecule has 2 aromatic carbocycles.